The number of hydrogen-bond donors (Lipinski definition) is 1. The SMILES string of the molecule is CCNC(CC(C)C)C1(OCC)CCOCC1. The summed E-state index contributed by atoms with van der Waals surface area (Å²) in [4.78, 5) is 0. The average Bonchev–Trinajstić information content (AvgIpc) is 2.29. The summed E-state index contributed by atoms with van der Waals surface area (Å²) in [6.07, 6.45) is 3.21. The van der Waals surface area contributed by atoms with E-state index in [1.807, 2.05) is 0 Å². The van der Waals surface area contributed by atoms with Crippen molar-refractivity contribution < 1.29 is 9.47 Å². The predicted octanol–water partition coefficient (Wildman–Crippen LogP) is 2.60. The quantitative estimate of drug-likeness (QED) is 0.745. The van der Waals surface area contributed by atoms with Crippen LogP contribution in [0.1, 0.15) is 47.0 Å². The number of rotatable bonds is 7. The molecule has 1 aliphatic rings. The zero-order chi connectivity index (χ0) is 12.7. The maximum absolute atomic E-state index is 6.14. The lowest BCUT2D eigenvalue weighted by Gasteiger charge is -2.44. The molecule has 1 unspecified atom stereocenters. The van der Waals surface area contributed by atoms with Gasteiger partial charge < -0.3 is 14.8 Å². The summed E-state index contributed by atoms with van der Waals surface area (Å²) in [6, 6.07) is 0.455. The Kier molecular flexibility index (Phi) is 6.45. The highest BCUT2D eigenvalue weighted by Crippen LogP contribution is 2.32. The van der Waals surface area contributed by atoms with Gasteiger partial charge in [0, 0.05) is 38.7 Å². The molecule has 1 fully saturated rings. The lowest BCUT2D eigenvalue weighted by molar-refractivity contribution is -0.129. The summed E-state index contributed by atoms with van der Waals surface area (Å²) in [6.45, 7) is 12.3. The van der Waals surface area contributed by atoms with E-state index in [0.717, 1.165) is 39.2 Å². The van der Waals surface area contributed by atoms with Crippen LogP contribution in [0.25, 0.3) is 0 Å². The topological polar surface area (TPSA) is 30.5 Å². The molecule has 17 heavy (non-hydrogen) atoms. The molecule has 3 nitrogen and oxygen atoms in total. The van der Waals surface area contributed by atoms with Gasteiger partial charge in [0.2, 0.25) is 0 Å². The standard InChI is InChI=1S/C14H29NO2/c1-5-15-13(11-12(3)4)14(17-6-2)7-9-16-10-8-14/h12-13,15H,5-11H2,1-4H3. The third-order valence-corrected chi connectivity index (χ3v) is 3.56. The summed E-state index contributed by atoms with van der Waals surface area (Å²) in [5, 5.41) is 3.63. The first-order valence-electron chi connectivity index (χ1n) is 7.09. The zero-order valence-electron chi connectivity index (χ0n) is 11.9. The van der Waals surface area contributed by atoms with E-state index in [2.05, 4.69) is 33.0 Å². The van der Waals surface area contributed by atoms with E-state index in [1.54, 1.807) is 0 Å². The van der Waals surface area contributed by atoms with E-state index in [0.29, 0.717) is 12.0 Å². The van der Waals surface area contributed by atoms with Crippen LogP contribution in [0.3, 0.4) is 0 Å². The molecule has 0 spiro atoms. The molecule has 102 valence electrons. The van der Waals surface area contributed by atoms with Gasteiger partial charge in [-0.05, 0) is 25.8 Å². The second kappa shape index (κ2) is 7.34. The van der Waals surface area contributed by atoms with E-state index in [1.165, 1.54) is 6.42 Å². The van der Waals surface area contributed by atoms with Crippen molar-refractivity contribution in [2.45, 2.75) is 58.6 Å². The van der Waals surface area contributed by atoms with Gasteiger partial charge in [0.05, 0.1) is 5.60 Å². The van der Waals surface area contributed by atoms with Gasteiger partial charge in [-0.3, -0.25) is 0 Å². The Hall–Kier alpha value is -0.120. The van der Waals surface area contributed by atoms with Gasteiger partial charge in [0.1, 0.15) is 0 Å². The van der Waals surface area contributed by atoms with Gasteiger partial charge in [-0.1, -0.05) is 20.8 Å². The van der Waals surface area contributed by atoms with Gasteiger partial charge >= 0.3 is 0 Å². The second-order valence-corrected chi connectivity index (χ2v) is 5.35. The van der Waals surface area contributed by atoms with Gasteiger partial charge in [-0.25, -0.2) is 0 Å². The molecule has 1 rings (SSSR count). The smallest absolute Gasteiger partial charge is 0.0878 e. The molecule has 0 radical (unpaired) electrons. The number of hydrogen-bond acceptors (Lipinski definition) is 3. The Balaban J connectivity index is 2.74. The van der Waals surface area contributed by atoms with Crippen molar-refractivity contribution >= 4 is 0 Å². The Morgan fingerprint density at radius 2 is 1.88 bits per heavy atom. The molecule has 0 aromatic carbocycles. The molecule has 1 N–H and O–H groups in total. The summed E-state index contributed by atoms with van der Waals surface area (Å²) in [5.74, 6) is 0.694. The first-order chi connectivity index (χ1) is 8.14. The molecule has 0 aromatic heterocycles. The minimum absolute atomic E-state index is 0.00667. The number of likely N-dealkylation sites (N-methyl/N-ethyl adjacent to an activating group) is 1. The highest BCUT2D eigenvalue weighted by Gasteiger charge is 2.40. The Morgan fingerprint density at radius 3 is 2.35 bits per heavy atom. The van der Waals surface area contributed by atoms with Crippen molar-refractivity contribution in [3.05, 3.63) is 0 Å². The zero-order valence-corrected chi connectivity index (χ0v) is 11.9. The lowest BCUT2D eigenvalue weighted by Crippen LogP contribution is -2.56. The van der Waals surface area contributed by atoms with E-state index in [4.69, 9.17) is 9.47 Å². The maximum atomic E-state index is 6.14. The monoisotopic (exact) mass is 243 g/mol. The fourth-order valence-electron chi connectivity index (χ4n) is 2.80. The second-order valence-electron chi connectivity index (χ2n) is 5.35. The van der Waals surface area contributed by atoms with Crippen LogP contribution in [0.4, 0.5) is 0 Å². The molecule has 3 heteroatoms. The highest BCUT2D eigenvalue weighted by atomic mass is 16.5. The van der Waals surface area contributed by atoms with E-state index >= 15 is 0 Å². The van der Waals surface area contributed by atoms with Crippen molar-refractivity contribution in [3.63, 3.8) is 0 Å². The molecule has 1 atom stereocenters. The van der Waals surface area contributed by atoms with Gasteiger partial charge in [0.25, 0.3) is 0 Å². The minimum Gasteiger partial charge on any atom is -0.381 e. The molecule has 0 aliphatic carbocycles. The van der Waals surface area contributed by atoms with E-state index in [-0.39, 0.29) is 5.60 Å². The molecule has 0 aromatic rings. The first-order valence-corrected chi connectivity index (χ1v) is 7.09. The van der Waals surface area contributed by atoms with Crippen LogP contribution in [0.2, 0.25) is 0 Å². The van der Waals surface area contributed by atoms with Crippen LogP contribution in [0.15, 0.2) is 0 Å². The Morgan fingerprint density at radius 1 is 1.24 bits per heavy atom. The number of ether oxygens (including phenoxy) is 2. The van der Waals surface area contributed by atoms with Crippen LogP contribution in [0, 0.1) is 5.92 Å². The molecular formula is C14H29NO2. The highest BCUT2D eigenvalue weighted by molar-refractivity contribution is 4.95. The van der Waals surface area contributed by atoms with Crippen molar-refractivity contribution in [2.75, 3.05) is 26.4 Å². The lowest BCUT2D eigenvalue weighted by atomic mass is 9.81. The fraction of sp³-hybridized carbons (Fsp3) is 1.00. The molecule has 0 saturated carbocycles. The van der Waals surface area contributed by atoms with Crippen LogP contribution in [0.5, 0.6) is 0 Å². The number of nitrogens with one attached hydrogen (secondary N) is 1. The van der Waals surface area contributed by atoms with Crippen LogP contribution >= 0.6 is 0 Å². The van der Waals surface area contributed by atoms with Crippen molar-refractivity contribution in [1.82, 2.24) is 5.32 Å². The normalized spacial score (nSPS) is 21.7. The Labute approximate surface area is 106 Å². The van der Waals surface area contributed by atoms with Gasteiger partial charge in [-0.15, -0.1) is 0 Å². The maximum Gasteiger partial charge on any atom is 0.0878 e. The molecule has 0 bridgehead atoms. The van der Waals surface area contributed by atoms with Crippen LogP contribution in [-0.2, 0) is 9.47 Å². The van der Waals surface area contributed by atoms with Crippen molar-refractivity contribution in [2.24, 2.45) is 5.92 Å². The van der Waals surface area contributed by atoms with Crippen LogP contribution < -0.4 is 5.32 Å². The average molecular weight is 243 g/mol. The molecule has 1 saturated heterocycles. The molecule has 1 heterocycles. The Bertz CT molecular complexity index is 195. The van der Waals surface area contributed by atoms with E-state index < -0.39 is 0 Å². The third kappa shape index (κ3) is 4.23. The van der Waals surface area contributed by atoms with Crippen molar-refractivity contribution in [3.8, 4) is 0 Å². The largest absolute Gasteiger partial charge is 0.381 e. The van der Waals surface area contributed by atoms with E-state index in [9.17, 15) is 0 Å². The first kappa shape index (κ1) is 14.9. The third-order valence-electron chi connectivity index (χ3n) is 3.56. The molecular weight excluding hydrogens is 214 g/mol. The van der Waals surface area contributed by atoms with Gasteiger partial charge in [-0.2, -0.15) is 0 Å². The van der Waals surface area contributed by atoms with Crippen LogP contribution in [-0.4, -0.2) is 38.0 Å². The predicted molar refractivity (Wildman–Crippen MR) is 71.3 cm³/mol. The van der Waals surface area contributed by atoms with Crippen molar-refractivity contribution in [1.29, 1.82) is 0 Å². The summed E-state index contributed by atoms with van der Waals surface area (Å²) >= 11 is 0. The fourth-order valence-corrected chi connectivity index (χ4v) is 2.80. The van der Waals surface area contributed by atoms with Gasteiger partial charge in [0.15, 0.2) is 0 Å². The minimum atomic E-state index is -0.00667. The summed E-state index contributed by atoms with van der Waals surface area (Å²) in [5.41, 5.74) is -0.00667. The summed E-state index contributed by atoms with van der Waals surface area (Å²) in [7, 11) is 0. The summed E-state index contributed by atoms with van der Waals surface area (Å²) < 4.78 is 11.6. The molecule has 0 amide bonds. The molecule has 1 aliphatic heterocycles.